The Morgan fingerprint density at radius 2 is 1.95 bits per heavy atom. The minimum Gasteiger partial charge on any atom is -0.338 e. The topological polar surface area (TPSA) is 80.5 Å². The van der Waals surface area contributed by atoms with Crippen LogP contribution in [0.1, 0.15) is 17.3 Å². The summed E-state index contributed by atoms with van der Waals surface area (Å²) in [6.45, 7) is 3.85. The van der Waals surface area contributed by atoms with E-state index >= 15 is 0 Å². The molecular formula is C13H13N5OS. The number of H-pyrrole nitrogens is 1. The second kappa shape index (κ2) is 5.46. The van der Waals surface area contributed by atoms with Crippen LogP contribution in [0.2, 0.25) is 0 Å². The molecule has 0 amide bonds. The molecule has 0 saturated carbocycles. The molecule has 7 heteroatoms. The lowest BCUT2D eigenvalue weighted by molar-refractivity contribution is 0.387. The molecule has 0 saturated heterocycles. The Labute approximate surface area is 120 Å². The second-order valence-corrected chi connectivity index (χ2v) is 5.30. The molecule has 6 nitrogen and oxygen atoms in total. The lowest BCUT2D eigenvalue weighted by Crippen LogP contribution is -1.83. The van der Waals surface area contributed by atoms with E-state index in [2.05, 4.69) is 32.2 Å². The highest BCUT2D eigenvalue weighted by atomic mass is 32.2. The highest BCUT2D eigenvalue weighted by Crippen LogP contribution is 2.21. The van der Waals surface area contributed by atoms with Crippen molar-refractivity contribution in [1.82, 2.24) is 25.3 Å². The predicted molar refractivity (Wildman–Crippen MR) is 75.2 cm³/mol. The van der Waals surface area contributed by atoms with Gasteiger partial charge in [0, 0.05) is 5.56 Å². The standard InChI is InChI=1S/C13H13N5OS/c1-8-3-5-10(6-4-8)12-15-13(17-16-12)20-7-11-14-9(2)18-19-11/h3-6H,7H2,1-2H3,(H,15,16,17). The maximum absolute atomic E-state index is 5.04. The van der Waals surface area contributed by atoms with Crippen LogP contribution in [0.25, 0.3) is 11.4 Å². The van der Waals surface area contributed by atoms with E-state index in [1.165, 1.54) is 17.3 Å². The van der Waals surface area contributed by atoms with Crippen molar-refractivity contribution in [3.05, 3.63) is 41.5 Å². The fourth-order valence-electron chi connectivity index (χ4n) is 1.68. The number of aromatic amines is 1. The minimum atomic E-state index is 0.562. The number of thioether (sulfide) groups is 1. The van der Waals surface area contributed by atoms with Crippen LogP contribution < -0.4 is 0 Å². The highest BCUT2D eigenvalue weighted by molar-refractivity contribution is 7.98. The normalized spacial score (nSPS) is 10.9. The first-order valence-corrected chi connectivity index (χ1v) is 7.11. The molecule has 0 unspecified atom stereocenters. The van der Waals surface area contributed by atoms with Gasteiger partial charge in [0.25, 0.3) is 0 Å². The van der Waals surface area contributed by atoms with E-state index in [-0.39, 0.29) is 0 Å². The van der Waals surface area contributed by atoms with Gasteiger partial charge in [0.05, 0.1) is 5.75 Å². The van der Waals surface area contributed by atoms with Gasteiger partial charge in [-0.05, 0) is 13.8 Å². The number of hydrogen-bond acceptors (Lipinski definition) is 6. The largest absolute Gasteiger partial charge is 0.338 e. The zero-order valence-electron chi connectivity index (χ0n) is 11.1. The van der Waals surface area contributed by atoms with Gasteiger partial charge in [-0.1, -0.05) is 46.7 Å². The van der Waals surface area contributed by atoms with Crippen LogP contribution in [-0.4, -0.2) is 25.3 Å². The maximum atomic E-state index is 5.04. The number of rotatable bonds is 4. The van der Waals surface area contributed by atoms with E-state index in [0.29, 0.717) is 22.6 Å². The zero-order chi connectivity index (χ0) is 13.9. The number of hydrogen-bond donors (Lipinski definition) is 1. The molecule has 0 fully saturated rings. The Kier molecular flexibility index (Phi) is 3.51. The Morgan fingerprint density at radius 3 is 2.65 bits per heavy atom. The number of nitrogens with zero attached hydrogens (tertiary/aromatic N) is 4. The SMILES string of the molecule is Cc1ccc(-c2nc(SCc3nc(C)no3)n[nH]2)cc1. The molecule has 20 heavy (non-hydrogen) atoms. The predicted octanol–water partition coefficient (Wildman–Crippen LogP) is 2.76. The van der Waals surface area contributed by atoms with Crippen molar-refractivity contribution >= 4 is 11.8 Å². The fraction of sp³-hybridized carbons (Fsp3) is 0.231. The molecule has 1 aromatic carbocycles. The molecule has 3 rings (SSSR count). The smallest absolute Gasteiger partial charge is 0.237 e. The number of aryl methyl sites for hydroxylation is 2. The summed E-state index contributed by atoms with van der Waals surface area (Å²) in [5.41, 5.74) is 2.23. The second-order valence-electron chi connectivity index (χ2n) is 4.36. The Morgan fingerprint density at radius 1 is 1.15 bits per heavy atom. The van der Waals surface area contributed by atoms with Gasteiger partial charge in [0.1, 0.15) is 0 Å². The average Bonchev–Trinajstić information content (AvgIpc) is 3.06. The summed E-state index contributed by atoms with van der Waals surface area (Å²) in [5.74, 6) is 2.53. The average molecular weight is 287 g/mol. The van der Waals surface area contributed by atoms with Crippen molar-refractivity contribution in [2.45, 2.75) is 24.8 Å². The van der Waals surface area contributed by atoms with Crippen LogP contribution in [0, 0.1) is 13.8 Å². The molecule has 0 aliphatic heterocycles. The van der Waals surface area contributed by atoms with Crippen molar-refractivity contribution in [2.75, 3.05) is 0 Å². The van der Waals surface area contributed by atoms with E-state index in [1.54, 1.807) is 6.92 Å². The molecule has 3 aromatic rings. The lowest BCUT2D eigenvalue weighted by atomic mass is 10.1. The summed E-state index contributed by atoms with van der Waals surface area (Å²) in [7, 11) is 0. The first-order chi connectivity index (χ1) is 9.70. The van der Waals surface area contributed by atoms with Crippen LogP contribution >= 0.6 is 11.8 Å². The van der Waals surface area contributed by atoms with E-state index in [0.717, 1.165) is 11.4 Å². The van der Waals surface area contributed by atoms with Crippen LogP contribution in [-0.2, 0) is 5.75 Å². The first-order valence-electron chi connectivity index (χ1n) is 6.12. The minimum absolute atomic E-state index is 0.562. The highest BCUT2D eigenvalue weighted by Gasteiger charge is 2.09. The van der Waals surface area contributed by atoms with Gasteiger partial charge in [-0.15, -0.1) is 5.10 Å². The van der Waals surface area contributed by atoms with E-state index in [9.17, 15) is 0 Å². The molecule has 2 aromatic heterocycles. The molecule has 0 spiro atoms. The summed E-state index contributed by atoms with van der Waals surface area (Å²) in [6, 6.07) is 8.13. The third kappa shape index (κ3) is 2.88. The van der Waals surface area contributed by atoms with Crippen LogP contribution in [0.5, 0.6) is 0 Å². The Bertz CT molecular complexity index is 704. The molecule has 102 valence electrons. The van der Waals surface area contributed by atoms with Gasteiger partial charge in [-0.2, -0.15) is 4.98 Å². The van der Waals surface area contributed by atoms with Gasteiger partial charge in [-0.25, -0.2) is 4.98 Å². The monoisotopic (exact) mass is 287 g/mol. The third-order valence-corrected chi connectivity index (χ3v) is 3.52. The third-order valence-electron chi connectivity index (χ3n) is 2.68. The molecule has 0 bridgehead atoms. The maximum Gasteiger partial charge on any atom is 0.237 e. The summed E-state index contributed by atoms with van der Waals surface area (Å²) < 4.78 is 5.04. The van der Waals surface area contributed by atoms with Gasteiger partial charge < -0.3 is 4.52 Å². The lowest BCUT2D eigenvalue weighted by Gasteiger charge is -1.95. The molecule has 0 aliphatic rings. The summed E-state index contributed by atoms with van der Waals surface area (Å²) in [6.07, 6.45) is 0. The molecule has 1 N–H and O–H groups in total. The number of aromatic nitrogens is 5. The summed E-state index contributed by atoms with van der Waals surface area (Å²) in [5, 5.41) is 11.5. The number of benzene rings is 1. The van der Waals surface area contributed by atoms with Gasteiger partial charge in [0.2, 0.25) is 11.0 Å². The molecule has 0 radical (unpaired) electrons. The van der Waals surface area contributed by atoms with E-state index < -0.39 is 0 Å². The van der Waals surface area contributed by atoms with Crippen molar-refractivity contribution in [3.63, 3.8) is 0 Å². The first kappa shape index (κ1) is 12.9. The summed E-state index contributed by atoms with van der Waals surface area (Å²) >= 11 is 1.46. The van der Waals surface area contributed by atoms with E-state index in [4.69, 9.17) is 4.52 Å². The van der Waals surface area contributed by atoms with Gasteiger partial charge in [-0.3, -0.25) is 5.10 Å². The van der Waals surface area contributed by atoms with Gasteiger partial charge >= 0.3 is 0 Å². The number of nitrogens with one attached hydrogen (secondary N) is 1. The molecule has 0 aliphatic carbocycles. The van der Waals surface area contributed by atoms with Crippen LogP contribution in [0.3, 0.4) is 0 Å². The molecule has 2 heterocycles. The Hall–Kier alpha value is -2.15. The van der Waals surface area contributed by atoms with Crippen molar-refractivity contribution in [2.24, 2.45) is 0 Å². The Balaban J connectivity index is 1.69. The van der Waals surface area contributed by atoms with Crippen molar-refractivity contribution in [3.8, 4) is 11.4 Å². The van der Waals surface area contributed by atoms with Crippen LogP contribution in [0.4, 0.5) is 0 Å². The molecule has 0 atom stereocenters. The van der Waals surface area contributed by atoms with Crippen molar-refractivity contribution in [1.29, 1.82) is 0 Å². The fourth-order valence-corrected chi connectivity index (χ4v) is 2.31. The quantitative estimate of drug-likeness (QED) is 0.743. The zero-order valence-corrected chi connectivity index (χ0v) is 11.9. The van der Waals surface area contributed by atoms with E-state index in [1.807, 2.05) is 24.3 Å². The van der Waals surface area contributed by atoms with Crippen LogP contribution in [0.15, 0.2) is 33.9 Å². The summed E-state index contributed by atoms with van der Waals surface area (Å²) in [4.78, 5) is 8.57. The van der Waals surface area contributed by atoms with Crippen molar-refractivity contribution < 1.29 is 4.52 Å². The van der Waals surface area contributed by atoms with Gasteiger partial charge in [0.15, 0.2) is 11.6 Å². The molecular weight excluding hydrogens is 274 g/mol.